The number of hydrogen-bond donors (Lipinski definition) is 2. The molecule has 2 aliphatic carbocycles. The molecule has 2 aliphatic rings. The minimum Gasteiger partial charge on any atom is -0.353 e. The van der Waals surface area contributed by atoms with Crippen molar-refractivity contribution in [3.63, 3.8) is 0 Å². The molecule has 0 spiro atoms. The lowest BCUT2D eigenvalue weighted by molar-refractivity contribution is -0.127. The minimum absolute atomic E-state index is 0.153. The van der Waals surface area contributed by atoms with E-state index in [0.29, 0.717) is 17.9 Å². The fraction of sp³-hybridized carbons (Fsp3) is 0.933. The van der Waals surface area contributed by atoms with Crippen molar-refractivity contribution in [3.05, 3.63) is 0 Å². The first-order valence-corrected chi connectivity index (χ1v) is 7.64. The maximum Gasteiger partial charge on any atom is 0.223 e. The third-order valence-corrected chi connectivity index (χ3v) is 5.11. The second kappa shape index (κ2) is 6.05. The van der Waals surface area contributed by atoms with Crippen LogP contribution < -0.4 is 11.1 Å². The average Bonchev–Trinajstić information content (AvgIpc) is 2.86. The van der Waals surface area contributed by atoms with Gasteiger partial charge in [-0.25, -0.2) is 0 Å². The van der Waals surface area contributed by atoms with Gasteiger partial charge in [0.05, 0.1) is 0 Å². The molecule has 4 unspecified atom stereocenters. The molecule has 4 atom stereocenters. The second-order valence-corrected chi connectivity index (χ2v) is 6.49. The lowest BCUT2D eigenvalue weighted by Crippen LogP contribution is -2.45. The van der Waals surface area contributed by atoms with Gasteiger partial charge in [-0.15, -0.1) is 0 Å². The number of hydrogen-bond acceptors (Lipinski definition) is 2. The molecular weight excluding hydrogens is 224 g/mol. The molecule has 0 radical (unpaired) electrons. The van der Waals surface area contributed by atoms with Gasteiger partial charge >= 0.3 is 0 Å². The Kier molecular flexibility index (Phi) is 4.66. The van der Waals surface area contributed by atoms with Crippen molar-refractivity contribution < 1.29 is 4.79 Å². The Balaban J connectivity index is 1.80. The summed E-state index contributed by atoms with van der Waals surface area (Å²) in [5, 5.41) is 3.23. The quantitative estimate of drug-likeness (QED) is 0.810. The molecule has 0 aromatic heterocycles. The second-order valence-electron chi connectivity index (χ2n) is 6.49. The molecule has 0 heterocycles. The molecule has 104 valence electrons. The van der Waals surface area contributed by atoms with Gasteiger partial charge < -0.3 is 11.1 Å². The summed E-state index contributed by atoms with van der Waals surface area (Å²) in [6.45, 7) is 4.36. The first-order chi connectivity index (χ1) is 8.58. The first-order valence-electron chi connectivity index (χ1n) is 7.64. The molecule has 3 nitrogen and oxygen atoms in total. The van der Waals surface area contributed by atoms with Crippen molar-refractivity contribution in [3.8, 4) is 0 Å². The van der Waals surface area contributed by atoms with Crippen LogP contribution in [0.2, 0.25) is 0 Å². The van der Waals surface area contributed by atoms with Gasteiger partial charge in [-0.1, -0.05) is 19.8 Å². The van der Waals surface area contributed by atoms with E-state index < -0.39 is 0 Å². The fourth-order valence-electron chi connectivity index (χ4n) is 3.51. The highest BCUT2D eigenvalue weighted by atomic mass is 16.1. The van der Waals surface area contributed by atoms with E-state index >= 15 is 0 Å². The van der Waals surface area contributed by atoms with Crippen LogP contribution in [0, 0.1) is 17.8 Å². The van der Waals surface area contributed by atoms with E-state index in [0.717, 1.165) is 19.3 Å². The Morgan fingerprint density at radius 3 is 2.50 bits per heavy atom. The lowest BCUT2D eigenvalue weighted by atomic mass is 9.79. The standard InChI is InChI=1S/C15H28N2O/c1-10-7-8-13(9-14(10)16)15(18)17-11(2)12-5-3-4-6-12/h10-14H,3-9,16H2,1-2H3,(H,17,18). The Morgan fingerprint density at radius 2 is 1.89 bits per heavy atom. The summed E-state index contributed by atoms with van der Waals surface area (Å²) in [6, 6.07) is 0.548. The molecule has 0 aliphatic heterocycles. The number of nitrogens with one attached hydrogen (secondary N) is 1. The van der Waals surface area contributed by atoms with E-state index in [9.17, 15) is 4.79 Å². The van der Waals surface area contributed by atoms with E-state index in [2.05, 4.69) is 19.2 Å². The Morgan fingerprint density at radius 1 is 1.22 bits per heavy atom. The van der Waals surface area contributed by atoms with Crippen LogP contribution in [0.15, 0.2) is 0 Å². The molecule has 2 saturated carbocycles. The summed E-state index contributed by atoms with van der Waals surface area (Å²) in [4.78, 5) is 12.3. The zero-order valence-electron chi connectivity index (χ0n) is 11.8. The number of rotatable bonds is 3. The third kappa shape index (κ3) is 3.25. The van der Waals surface area contributed by atoms with Gasteiger partial charge in [0.1, 0.15) is 0 Å². The molecule has 3 heteroatoms. The Labute approximate surface area is 111 Å². The van der Waals surface area contributed by atoms with E-state index in [1.54, 1.807) is 0 Å². The monoisotopic (exact) mass is 252 g/mol. The zero-order chi connectivity index (χ0) is 13.1. The SMILES string of the molecule is CC1CCC(C(=O)NC(C)C2CCCC2)CC1N. The van der Waals surface area contributed by atoms with Crippen molar-refractivity contribution in [2.45, 2.75) is 70.9 Å². The van der Waals surface area contributed by atoms with E-state index in [-0.39, 0.29) is 17.9 Å². The molecule has 0 saturated heterocycles. The predicted octanol–water partition coefficient (Wildman–Crippen LogP) is 2.44. The molecule has 3 N–H and O–H groups in total. The molecule has 0 aromatic carbocycles. The molecule has 2 fully saturated rings. The highest BCUT2D eigenvalue weighted by Gasteiger charge is 2.31. The van der Waals surface area contributed by atoms with Gasteiger partial charge in [0.2, 0.25) is 5.91 Å². The largest absolute Gasteiger partial charge is 0.353 e. The summed E-state index contributed by atoms with van der Waals surface area (Å²) in [5.74, 6) is 1.67. The van der Waals surface area contributed by atoms with E-state index in [1.165, 1.54) is 25.7 Å². The minimum atomic E-state index is 0.153. The van der Waals surface area contributed by atoms with Crippen LogP contribution in [-0.4, -0.2) is 18.0 Å². The van der Waals surface area contributed by atoms with Crippen LogP contribution in [0.1, 0.15) is 58.8 Å². The first kappa shape index (κ1) is 13.9. The topological polar surface area (TPSA) is 55.1 Å². The van der Waals surface area contributed by atoms with Crippen LogP contribution in [0.5, 0.6) is 0 Å². The normalized spacial score (nSPS) is 35.4. The average molecular weight is 252 g/mol. The van der Waals surface area contributed by atoms with Crippen molar-refractivity contribution >= 4 is 5.91 Å². The van der Waals surface area contributed by atoms with Gasteiger partial charge in [-0.05, 0) is 50.9 Å². The zero-order valence-corrected chi connectivity index (χ0v) is 11.8. The smallest absolute Gasteiger partial charge is 0.223 e. The van der Waals surface area contributed by atoms with Gasteiger partial charge in [0.15, 0.2) is 0 Å². The van der Waals surface area contributed by atoms with Crippen LogP contribution >= 0.6 is 0 Å². The van der Waals surface area contributed by atoms with Crippen LogP contribution in [0.25, 0.3) is 0 Å². The number of nitrogens with two attached hydrogens (primary N) is 1. The third-order valence-electron chi connectivity index (χ3n) is 5.11. The van der Waals surface area contributed by atoms with Crippen molar-refractivity contribution in [1.82, 2.24) is 5.32 Å². The van der Waals surface area contributed by atoms with Crippen molar-refractivity contribution in [2.24, 2.45) is 23.5 Å². The molecule has 0 aromatic rings. The molecule has 0 bridgehead atoms. The fourth-order valence-corrected chi connectivity index (χ4v) is 3.51. The predicted molar refractivity (Wildman–Crippen MR) is 74.0 cm³/mol. The molecule has 2 rings (SSSR count). The van der Waals surface area contributed by atoms with Crippen molar-refractivity contribution in [1.29, 1.82) is 0 Å². The van der Waals surface area contributed by atoms with Gasteiger partial charge in [-0.3, -0.25) is 4.79 Å². The molecule has 1 amide bonds. The summed E-state index contributed by atoms with van der Waals surface area (Å²) in [5.41, 5.74) is 6.08. The number of amides is 1. The Hall–Kier alpha value is -0.570. The highest BCUT2D eigenvalue weighted by Crippen LogP contribution is 2.30. The van der Waals surface area contributed by atoms with Crippen LogP contribution in [-0.2, 0) is 4.79 Å². The molecular formula is C15H28N2O. The summed E-state index contributed by atoms with van der Waals surface area (Å²) in [6.07, 6.45) is 8.19. The maximum atomic E-state index is 12.3. The lowest BCUT2D eigenvalue weighted by Gasteiger charge is -2.32. The number of carbonyl (C=O) groups is 1. The van der Waals surface area contributed by atoms with Crippen molar-refractivity contribution in [2.75, 3.05) is 0 Å². The van der Waals surface area contributed by atoms with Gasteiger partial charge in [0, 0.05) is 18.0 Å². The summed E-state index contributed by atoms with van der Waals surface area (Å²) >= 11 is 0. The summed E-state index contributed by atoms with van der Waals surface area (Å²) in [7, 11) is 0. The Bertz CT molecular complexity index is 286. The van der Waals surface area contributed by atoms with E-state index in [4.69, 9.17) is 5.73 Å². The summed E-state index contributed by atoms with van der Waals surface area (Å²) < 4.78 is 0. The van der Waals surface area contributed by atoms with Crippen LogP contribution in [0.3, 0.4) is 0 Å². The van der Waals surface area contributed by atoms with Crippen LogP contribution in [0.4, 0.5) is 0 Å². The van der Waals surface area contributed by atoms with E-state index in [1.807, 2.05) is 0 Å². The number of carbonyl (C=O) groups excluding carboxylic acids is 1. The van der Waals surface area contributed by atoms with Gasteiger partial charge in [-0.2, -0.15) is 0 Å². The molecule has 18 heavy (non-hydrogen) atoms. The highest BCUT2D eigenvalue weighted by molar-refractivity contribution is 5.79. The maximum absolute atomic E-state index is 12.3. The van der Waals surface area contributed by atoms with Gasteiger partial charge in [0.25, 0.3) is 0 Å².